The van der Waals surface area contributed by atoms with Crippen LogP contribution in [0.15, 0.2) is 71.3 Å². The van der Waals surface area contributed by atoms with E-state index in [0.717, 1.165) is 39.6 Å². The second-order valence-electron chi connectivity index (χ2n) is 10.1. The molecule has 1 aromatic heterocycles. The zero-order valence-corrected chi connectivity index (χ0v) is 21.4. The fourth-order valence-corrected chi connectivity index (χ4v) is 5.82. The van der Waals surface area contributed by atoms with Crippen molar-refractivity contribution in [2.45, 2.75) is 44.4 Å². The number of amides is 2. The maximum absolute atomic E-state index is 14.3. The Labute approximate surface area is 224 Å². The van der Waals surface area contributed by atoms with Crippen LogP contribution in [0.3, 0.4) is 0 Å². The number of furan rings is 1. The number of rotatable bonds is 7. The van der Waals surface area contributed by atoms with Gasteiger partial charge in [0.2, 0.25) is 11.8 Å². The summed E-state index contributed by atoms with van der Waals surface area (Å²) in [7, 11) is 0. The molecule has 3 atom stereocenters. The van der Waals surface area contributed by atoms with Gasteiger partial charge in [-0.05, 0) is 65.8 Å². The third kappa shape index (κ3) is 4.57. The first-order valence-electron chi connectivity index (χ1n) is 12.7. The van der Waals surface area contributed by atoms with E-state index in [1.54, 1.807) is 23.3 Å². The Hall–Kier alpha value is -3.68. The highest BCUT2D eigenvalue weighted by molar-refractivity contribution is 6.30. The van der Waals surface area contributed by atoms with Crippen LogP contribution in [0.4, 0.5) is 4.39 Å². The molecule has 1 saturated heterocycles. The van der Waals surface area contributed by atoms with E-state index < -0.39 is 11.9 Å². The second-order valence-corrected chi connectivity index (χ2v) is 10.5. The lowest BCUT2D eigenvalue weighted by molar-refractivity contribution is -0.139. The average Bonchev–Trinajstić information content (AvgIpc) is 3.33. The number of benzene rings is 3. The molecular formula is C30H27ClFN3O3. The van der Waals surface area contributed by atoms with Crippen molar-refractivity contribution in [2.75, 3.05) is 0 Å². The Morgan fingerprint density at radius 3 is 2.76 bits per heavy atom. The molecule has 0 spiro atoms. The van der Waals surface area contributed by atoms with Crippen LogP contribution >= 0.6 is 11.6 Å². The van der Waals surface area contributed by atoms with Crippen LogP contribution in [-0.2, 0) is 29.1 Å². The number of likely N-dealkylation sites (tertiary alicyclic amines) is 1. The van der Waals surface area contributed by atoms with Crippen LogP contribution in [0, 0.1) is 11.7 Å². The molecule has 194 valence electrons. The second kappa shape index (κ2) is 9.89. The van der Waals surface area contributed by atoms with Crippen molar-refractivity contribution >= 4 is 34.4 Å². The summed E-state index contributed by atoms with van der Waals surface area (Å²) >= 11 is 5.87. The summed E-state index contributed by atoms with van der Waals surface area (Å²) in [5.74, 6) is -0.564. The van der Waals surface area contributed by atoms with E-state index in [4.69, 9.17) is 21.8 Å². The smallest absolute Gasteiger partial charge is 0.243 e. The summed E-state index contributed by atoms with van der Waals surface area (Å²) in [4.78, 5) is 28.4. The van der Waals surface area contributed by atoms with Crippen molar-refractivity contribution in [3.63, 3.8) is 0 Å². The van der Waals surface area contributed by atoms with Crippen molar-refractivity contribution in [3.8, 4) is 11.1 Å². The van der Waals surface area contributed by atoms with Gasteiger partial charge in [-0.1, -0.05) is 41.9 Å². The van der Waals surface area contributed by atoms with Crippen LogP contribution in [-0.4, -0.2) is 28.8 Å². The number of nitrogens with two attached hydrogens (primary N) is 1. The minimum absolute atomic E-state index is 0.0133. The van der Waals surface area contributed by atoms with E-state index in [1.165, 1.54) is 6.07 Å². The van der Waals surface area contributed by atoms with Crippen molar-refractivity contribution in [1.82, 2.24) is 10.2 Å². The van der Waals surface area contributed by atoms with Gasteiger partial charge in [-0.2, -0.15) is 0 Å². The van der Waals surface area contributed by atoms with Gasteiger partial charge < -0.3 is 20.4 Å². The molecule has 8 heteroatoms. The first-order chi connectivity index (χ1) is 18.4. The predicted octanol–water partition coefficient (Wildman–Crippen LogP) is 5.20. The van der Waals surface area contributed by atoms with E-state index in [9.17, 15) is 14.0 Å². The van der Waals surface area contributed by atoms with Crippen LogP contribution in [0.25, 0.3) is 22.1 Å². The highest BCUT2D eigenvalue weighted by Gasteiger charge is 2.55. The topological polar surface area (TPSA) is 88.6 Å². The monoisotopic (exact) mass is 531 g/mol. The SMILES string of the molecule is NCc1cccc(-c2cc(CC(=O)N3C4C[C@@H]4C[C@H]3C(=O)NCc3cccc(Cl)c3F)cc3ccoc23)c1. The standard InChI is InChI=1S/C30H27ClFN3O3/c31-24-6-2-5-21(28(24)32)16-34-30(37)26-14-22-13-25(22)35(26)27(36)12-18-10-20-7-8-38-29(20)23(11-18)19-4-1-3-17(9-19)15-33/h1-11,22,25-26H,12-16,33H2,(H,34,37)/t22-,25?,26+/m1/s1. The zero-order chi connectivity index (χ0) is 26.4. The molecule has 0 radical (unpaired) electrons. The number of nitrogens with zero attached hydrogens (tertiary/aromatic N) is 1. The fourth-order valence-electron chi connectivity index (χ4n) is 5.63. The van der Waals surface area contributed by atoms with Crippen molar-refractivity contribution < 1.29 is 18.4 Å². The van der Waals surface area contributed by atoms with Crippen LogP contribution in [0.1, 0.15) is 29.5 Å². The zero-order valence-electron chi connectivity index (χ0n) is 20.6. The summed E-state index contributed by atoms with van der Waals surface area (Å²) in [6.45, 7) is 0.444. The van der Waals surface area contributed by atoms with E-state index in [1.807, 2.05) is 42.5 Å². The number of piperidine rings is 1. The third-order valence-corrected chi connectivity index (χ3v) is 7.91. The number of hydrogen-bond acceptors (Lipinski definition) is 4. The lowest BCUT2D eigenvalue weighted by atomic mass is 9.97. The molecule has 4 aromatic rings. The largest absolute Gasteiger partial charge is 0.464 e. The predicted molar refractivity (Wildman–Crippen MR) is 144 cm³/mol. The van der Waals surface area contributed by atoms with Gasteiger partial charge in [-0.15, -0.1) is 0 Å². The van der Waals surface area contributed by atoms with Gasteiger partial charge in [0.05, 0.1) is 17.7 Å². The summed E-state index contributed by atoms with van der Waals surface area (Å²) in [5, 5.41) is 3.73. The lowest BCUT2D eigenvalue weighted by Gasteiger charge is -2.27. The Bertz CT molecular complexity index is 1550. The molecule has 2 amide bonds. The summed E-state index contributed by atoms with van der Waals surface area (Å²) in [6, 6.07) is 18.0. The van der Waals surface area contributed by atoms with Gasteiger partial charge in [0.25, 0.3) is 0 Å². The van der Waals surface area contributed by atoms with Gasteiger partial charge in [0.15, 0.2) is 0 Å². The molecule has 6 rings (SSSR count). The molecule has 1 unspecified atom stereocenters. The lowest BCUT2D eigenvalue weighted by Crippen LogP contribution is -2.48. The Kier molecular flexibility index (Phi) is 6.41. The minimum Gasteiger partial charge on any atom is -0.464 e. The first-order valence-corrected chi connectivity index (χ1v) is 13.1. The highest BCUT2D eigenvalue weighted by atomic mass is 35.5. The maximum Gasteiger partial charge on any atom is 0.243 e. The Morgan fingerprint density at radius 2 is 1.92 bits per heavy atom. The molecule has 1 saturated carbocycles. The highest BCUT2D eigenvalue weighted by Crippen LogP contribution is 2.48. The van der Waals surface area contributed by atoms with E-state index in [2.05, 4.69) is 5.32 Å². The number of carbonyl (C=O) groups is 2. The van der Waals surface area contributed by atoms with Crippen molar-refractivity contribution in [3.05, 3.63) is 94.5 Å². The average molecular weight is 532 g/mol. The number of carbonyl (C=O) groups excluding carboxylic acids is 2. The molecule has 6 nitrogen and oxygen atoms in total. The molecule has 0 bridgehead atoms. The molecule has 1 aliphatic carbocycles. The molecular weight excluding hydrogens is 505 g/mol. The number of nitrogens with one attached hydrogen (secondary N) is 1. The first kappa shape index (κ1) is 24.6. The van der Waals surface area contributed by atoms with Crippen LogP contribution < -0.4 is 11.1 Å². The molecule has 2 heterocycles. The van der Waals surface area contributed by atoms with Gasteiger partial charge >= 0.3 is 0 Å². The Balaban J connectivity index is 1.22. The number of halogens is 2. The maximum atomic E-state index is 14.3. The molecule has 3 N–H and O–H groups in total. The van der Waals surface area contributed by atoms with E-state index in [-0.39, 0.29) is 35.8 Å². The number of hydrogen-bond donors (Lipinski definition) is 2. The van der Waals surface area contributed by atoms with Gasteiger partial charge in [-0.3, -0.25) is 9.59 Å². The summed E-state index contributed by atoms with van der Waals surface area (Å²) in [5.41, 5.74) is 10.6. The van der Waals surface area contributed by atoms with Crippen molar-refractivity contribution in [2.24, 2.45) is 11.7 Å². The summed E-state index contributed by atoms with van der Waals surface area (Å²) < 4.78 is 20.0. The van der Waals surface area contributed by atoms with E-state index in [0.29, 0.717) is 24.4 Å². The van der Waals surface area contributed by atoms with Gasteiger partial charge in [0.1, 0.15) is 17.4 Å². The molecule has 38 heavy (non-hydrogen) atoms. The third-order valence-electron chi connectivity index (χ3n) is 7.62. The molecule has 1 aliphatic heterocycles. The normalized spacial score (nSPS) is 20.0. The number of fused-ring (bicyclic) bond motifs is 2. The van der Waals surface area contributed by atoms with Crippen LogP contribution in [0.2, 0.25) is 5.02 Å². The van der Waals surface area contributed by atoms with Crippen LogP contribution in [0.5, 0.6) is 0 Å². The van der Waals surface area contributed by atoms with E-state index >= 15 is 0 Å². The quantitative estimate of drug-likeness (QED) is 0.343. The van der Waals surface area contributed by atoms with Gasteiger partial charge in [-0.25, -0.2) is 4.39 Å². The molecule has 3 aromatic carbocycles. The molecule has 2 aliphatic rings. The fraction of sp³-hybridized carbons (Fsp3) is 0.267. The van der Waals surface area contributed by atoms with Gasteiger partial charge in [0, 0.05) is 35.6 Å². The Morgan fingerprint density at radius 1 is 1.08 bits per heavy atom. The molecule has 2 fully saturated rings. The summed E-state index contributed by atoms with van der Waals surface area (Å²) in [6.07, 6.45) is 3.35. The van der Waals surface area contributed by atoms with Crippen molar-refractivity contribution in [1.29, 1.82) is 0 Å². The minimum atomic E-state index is -0.563.